The number of sulfonamides is 1. The van der Waals surface area contributed by atoms with Gasteiger partial charge < -0.3 is 10.6 Å². The summed E-state index contributed by atoms with van der Waals surface area (Å²) in [5.74, 6) is 0.307. The Kier molecular flexibility index (Phi) is 6.52. The predicted molar refractivity (Wildman–Crippen MR) is 126 cm³/mol. The molecule has 2 aromatic rings. The fourth-order valence-electron chi connectivity index (χ4n) is 3.33. The second-order valence-corrected chi connectivity index (χ2v) is 10.3. The number of nitrogens with one attached hydrogen (secondary N) is 3. The van der Waals surface area contributed by atoms with E-state index in [-0.39, 0.29) is 28.6 Å². The van der Waals surface area contributed by atoms with Crippen LogP contribution in [0, 0.1) is 0 Å². The smallest absolute Gasteiger partial charge is 0.263 e. The van der Waals surface area contributed by atoms with Crippen molar-refractivity contribution < 1.29 is 18.0 Å². The number of carbonyl (C=O) groups is 2. The fraction of sp³-hybridized carbons (Fsp3) is 0.318. The number of hydrogen-bond acceptors (Lipinski definition) is 6. The third-order valence-electron chi connectivity index (χ3n) is 5.15. The maximum Gasteiger partial charge on any atom is 0.263 e. The van der Waals surface area contributed by atoms with Crippen LogP contribution in [0.4, 0.5) is 5.69 Å². The highest BCUT2D eigenvalue weighted by Gasteiger charge is 2.32. The molecule has 0 aromatic heterocycles. The molecule has 0 spiro atoms. The molecule has 1 saturated carbocycles. The van der Waals surface area contributed by atoms with Crippen LogP contribution in [0.5, 0.6) is 0 Å². The monoisotopic (exact) mass is 472 g/mol. The van der Waals surface area contributed by atoms with E-state index in [2.05, 4.69) is 20.3 Å². The number of aliphatic imine (C=N–C) groups is 1. The summed E-state index contributed by atoms with van der Waals surface area (Å²) in [6.07, 6.45) is 4.35. The fourth-order valence-corrected chi connectivity index (χ4v) is 5.03. The van der Waals surface area contributed by atoms with Crippen LogP contribution in [-0.4, -0.2) is 50.2 Å². The number of amidine groups is 1. The van der Waals surface area contributed by atoms with E-state index in [1.807, 2.05) is 6.26 Å². The van der Waals surface area contributed by atoms with Crippen LogP contribution in [0.1, 0.15) is 35.2 Å². The van der Waals surface area contributed by atoms with E-state index in [0.29, 0.717) is 29.0 Å². The van der Waals surface area contributed by atoms with Crippen molar-refractivity contribution in [3.63, 3.8) is 0 Å². The Hall–Kier alpha value is -2.85. The Morgan fingerprint density at radius 1 is 1.19 bits per heavy atom. The van der Waals surface area contributed by atoms with Gasteiger partial charge in [-0.15, -0.1) is 0 Å². The Labute approximate surface area is 191 Å². The third-order valence-corrected chi connectivity index (χ3v) is 7.19. The van der Waals surface area contributed by atoms with Crippen molar-refractivity contribution in [2.45, 2.75) is 36.2 Å². The summed E-state index contributed by atoms with van der Waals surface area (Å²) in [5.41, 5.74) is 1.41. The van der Waals surface area contributed by atoms with E-state index in [0.717, 1.165) is 12.8 Å². The van der Waals surface area contributed by atoms with Crippen LogP contribution >= 0.6 is 11.8 Å². The Balaban J connectivity index is 1.54. The Morgan fingerprint density at radius 3 is 2.72 bits per heavy atom. The van der Waals surface area contributed by atoms with Crippen LogP contribution in [-0.2, 0) is 14.8 Å². The summed E-state index contributed by atoms with van der Waals surface area (Å²) in [7, 11) is -3.69. The van der Waals surface area contributed by atoms with Crippen molar-refractivity contribution in [1.82, 2.24) is 10.0 Å². The topological polar surface area (TPSA) is 117 Å². The average molecular weight is 473 g/mol. The minimum Gasteiger partial charge on any atom is -0.349 e. The molecular formula is C22H24N4O4S2. The highest BCUT2D eigenvalue weighted by Crippen LogP contribution is 2.24. The second-order valence-electron chi connectivity index (χ2n) is 7.69. The van der Waals surface area contributed by atoms with Gasteiger partial charge >= 0.3 is 0 Å². The summed E-state index contributed by atoms with van der Waals surface area (Å²) in [4.78, 5) is 30.0. The SMILES string of the molecule is CSCC[C@H](N=C1NS(=O)(=O)c2ccccc21)C(=O)Nc1cccc(C(=O)NC2CC2)c1. The molecule has 8 nitrogen and oxygen atoms in total. The number of nitrogens with zero attached hydrogens (tertiary/aromatic N) is 1. The molecule has 3 N–H and O–H groups in total. The quantitative estimate of drug-likeness (QED) is 0.545. The van der Waals surface area contributed by atoms with E-state index >= 15 is 0 Å². The number of hydrogen-bond donors (Lipinski definition) is 3. The molecule has 2 amide bonds. The van der Waals surface area contributed by atoms with Gasteiger partial charge in [0.1, 0.15) is 11.9 Å². The van der Waals surface area contributed by atoms with E-state index < -0.39 is 16.1 Å². The molecule has 2 aromatic carbocycles. The van der Waals surface area contributed by atoms with Gasteiger partial charge in [-0.05, 0) is 61.6 Å². The highest BCUT2D eigenvalue weighted by atomic mass is 32.2. The lowest BCUT2D eigenvalue weighted by molar-refractivity contribution is -0.117. The largest absolute Gasteiger partial charge is 0.349 e. The molecule has 1 aliphatic carbocycles. The molecule has 168 valence electrons. The zero-order valence-electron chi connectivity index (χ0n) is 17.5. The van der Waals surface area contributed by atoms with Crippen molar-refractivity contribution in [3.05, 3.63) is 59.7 Å². The summed E-state index contributed by atoms with van der Waals surface area (Å²) >= 11 is 1.57. The lowest BCUT2D eigenvalue weighted by atomic mass is 10.1. The van der Waals surface area contributed by atoms with E-state index in [4.69, 9.17) is 0 Å². The number of fused-ring (bicyclic) bond motifs is 1. The number of thioether (sulfide) groups is 1. The van der Waals surface area contributed by atoms with Gasteiger partial charge in [0.05, 0.1) is 4.90 Å². The van der Waals surface area contributed by atoms with Gasteiger partial charge in [-0.25, -0.2) is 8.42 Å². The molecule has 0 radical (unpaired) electrons. The predicted octanol–water partition coefficient (Wildman–Crippen LogP) is 2.38. The molecule has 1 heterocycles. The van der Waals surface area contributed by atoms with Crippen molar-refractivity contribution >= 4 is 45.1 Å². The van der Waals surface area contributed by atoms with Gasteiger partial charge in [-0.1, -0.05) is 18.2 Å². The number of rotatable bonds is 8. The summed E-state index contributed by atoms with van der Waals surface area (Å²) in [6.45, 7) is 0. The van der Waals surface area contributed by atoms with Crippen LogP contribution in [0.25, 0.3) is 0 Å². The first-order chi connectivity index (χ1) is 15.4. The molecule has 32 heavy (non-hydrogen) atoms. The maximum absolute atomic E-state index is 13.0. The first kappa shape index (κ1) is 22.3. The van der Waals surface area contributed by atoms with Crippen LogP contribution in [0.3, 0.4) is 0 Å². The molecular weight excluding hydrogens is 448 g/mol. The minimum absolute atomic E-state index is 0.150. The zero-order valence-corrected chi connectivity index (χ0v) is 19.1. The lowest BCUT2D eigenvalue weighted by Crippen LogP contribution is -2.31. The van der Waals surface area contributed by atoms with E-state index in [1.54, 1.807) is 54.2 Å². The van der Waals surface area contributed by atoms with Crippen LogP contribution in [0.2, 0.25) is 0 Å². The number of carbonyl (C=O) groups excluding carboxylic acids is 2. The Morgan fingerprint density at radius 2 is 1.97 bits per heavy atom. The molecule has 0 bridgehead atoms. The third kappa shape index (κ3) is 5.13. The van der Waals surface area contributed by atoms with E-state index in [9.17, 15) is 18.0 Å². The van der Waals surface area contributed by atoms with Crippen LogP contribution < -0.4 is 15.4 Å². The van der Waals surface area contributed by atoms with Crippen LogP contribution in [0.15, 0.2) is 58.4 Å². The van der Waals surface area contributed by atoms with Gasteiger partial charge in [0.25, 0.3) is 15.9 Å². The molecule has 1 fully saturated rings. The second kappa shape index (κ2) is 9.33. The summed E-state index contributed by atoms with van der Waals surface area (Å²) in [5, 5.41) is 5.75. The zero-order chi connectivity index (χ0) is 22.7. The van der Waals surface area contributed by atoms with Gasteiger partial charge in [0.2, 0.25) is 5.91 Å². The first-order valence-electron chi connectivity index (χ1n) is 10.3. The van der Waals surface area contributed by atoms with Gasteiger partial charge in [0, 0.05) is 22.9 Å². The van der Waals surface area contributed by atoms with Gasteiger partial charge in [0.15, 0.2) is 0 Å². The lowest BCUT2D eigenvalue weighted by Gasteiger charge is -2.14. The average Bonchev–Trinajstić information content (AvgIpc) is 3.55. The summed E-state index contributed by atoms with van der Waals surface area (Å²) in [6, 6.07) is 12.7. The number of anilines is 1. The number of amides is 2. The van der Waals surface area contributed by atoms with Gasteiger partial charge in [-0.3, -0.25) is 19.3 Å². The summed E-state index contributed by atoms with van der Waals surface area (Å²) < 4.78 is 27.2. The molecule has 4 rings (SSSR count). The molecule has 1 atom stereocenters. The first-order valence-corrected chi connectivity index (χ1v) is 13.2. The van der Waals surface area contributed by atoms with Crippen molar-refractivity contribution in [1.29, 1.82) is 0 Å². The molecule has 2 aliphatic rings. The van der Waals surface area contributed by atoms with Gasteiger partial charge in [-0.2, -0.15) is 11.8 Å². The highest BCUT2D eigenvalue weighted by molar-refractivity contribution is 7.98. The standard InChI is InChI=1S/C22H24N4O4S2/c1-31-12-11-18(25-20-17-7-2-3-8-19(17)32(29,30)26-20)22(28)24-16-6-4-5-14(13-16)21(27)23-15-9-10-15/h2-8,13,15,18H,9-12H2,1H3,(H,23,27)(H,24,28)(H,25,26)/t18-/m0/s1. The van der Waals surface area contributed by atoms with E-state index in [1.165, 1.54) is 6.07 Å². The molecule has 1 aliphatic heterocycles. The van der Waals surface area contributed by atoms with Crippen molar-refractivity contribution in [2.75, 3.05) is 17.3 Å². The van der Waals surface area contributed by atoms with Crippen molar-refractivity contribution in [3.8, 4) is 0 Å². The molecule has 10 heteroatoms. The molecule has 0 unspecified atom stereocenters. The minimum atomic E-state index is -3.69. The van der Waals surface area contributed by atoms with Crippen molar-refractivity contribution in [2.24, 2.45) is 4.99 Å². The normalized spacial score (nSPS) is 18.5. The molecule has 0 saturated heterocycles. The number of benzene rings is 2. The maximum atomic E-state index is 13.0. The Bertz CT molecular complexity index is 1180.